The zero-order chi connectivity index (χ0) is 15.1. The fourth-order valence-electron chi connectivity index (χ4n) is 2.41. The van der Waals surface area contributed by atoms with Crippen LogP contribution >= 0.6 is 11.6 Å². The van der Waals surface area contributed by atoms with Gasteiger partial charge in [-0.15, -0.1) is 11.6 Å². The Labute approximate surface area is 127 Å². The highest BCUT2D eigenvalue weighted by Gasteiger charge is 2.20. The third-order valence-corrected chi connectivity index (χ3v) is 3.67. The van der Waals surface area contributed by atoms with Gasteiger partial charge in [-0.1, -0.05) is 6.07 Å². The second kappa shape index (κ2) is 5.11. The molecule has 0 saturated carbocycles. The Morgan fingerprint density at radius 1 is 1.24 bits per heavy atom. The summed E-state index contributed by atoms with van der Waals surface area (Å²) in [7, 11) is 0. The minimum Gasteiger partial charge on any atom is -0.276 e. The van der Waals surface area contributed by atoms with E-state index in [0.717, 1.165) is 16.6 Å². The van der Waals surface area contributed by atoms with E-state index in [1.165, 1.54) is 6.07 Å². The molecule has 0 spiro atoms. The van der Waals surface area contributed by atoms with Crippen LogP contribution < -0.4 is 0 Å². The van der Waals surface area contributed by atoms with Crippen LogP contribution in [-0.4, -0.2) is 14.5 Å². The van der Waals surface area contributed by atoms with Gasteiger partial charge in [-0.25, -0.2) is 14.4 Å². The molecule has 0 radical (unpaired) electrons. The normalized spacial score (nSPS) is 12.8. The van der Waals surface area contributed by atoms with Crippen molar-refractivity contribution in [1.29, 1.82) is 0 Å². The average Bonchev–Trinajstić information content (AvgIpc) is 2.80. The molecule has 108 valence electrons. The van der Waals surface area contributed by atoms with Gasteiger partial charge in [-0.2, -0.15) is 0 Å². The molecular weight excluding hydrogens is 289 g/mol. The van der Waals surface area contributed by atoms with Crippen molar-refractivity contribution in [2.75, 3.05) is 0 Å². The van der Waals surface area contributed by atoms with E-state index in [9.17, 15) is 4.39 Å². The van der Waals surface area contributed by atoms with Gasteiger partial charge in [0.2, 0.25) is 0 Å². The molecule has 1 unspecified atom stereocenters. The van der Waals surface area contributed by atoms with E-state index >= 15 is 0 Å². The van der Waals surface area contributed by atoms with Crippen molar-refractivity contribution in [3.63, 3.8) is 0 Å². The third kappa shape index (κ3) is 2.29. The van der Waals surface area contributed by atoms with Crippen molar-refractivity contribution < 1.29 is 4.39 Å². The van der Waals surface area contributed by atoms with Gasteiger partial charge in [0.25, 0.3) is 0 Å². The number of halogens is 2. The summed E-state index contributed by atoms with van der Waals surface area (Å²) in [6.07, 6.45) is 1.70. The quantitative estimate of drug-likeness (QED) is 0.654. The van der Waals surface area contributed by atoms with Gasteiger partial charge in [0, 0.05) is 6.20 Å². The number of benzene rings is 1. The summed E-state index contributed by atoms with van der Waals surface area (Å²) < 4.78 is 16.1. The van der Waals surface area contributed by atoms with Crippen molar-refractivity contribution in [1.82, 2.24) is 14.5 Å². The molecule has 1 aromatic carbocycles. The van der Waals surface area contributed by atoms with E-state index in [2.05, 4.69) is 9.97 Å². The molecular formula is C16H15ClFN3. The molecule has 2 aromatic heterocycles. The topological polar surface area (TPSA) is 30.7 Å². The van der Waals surface area contributed by atoms with Crippen molar-refractivity contribution in [3.05, 3.63) is 53.2 Å². The summed E-state index contributed by atoms with van der Waals surface area (Å²) in [5, 5.41) is -0.348. The molecule has 21 heavy (non-hydrogen) atoms. The van der Waals surface area contributed by atoms with Crippen molar-refractivity contribution in [3.8, 4) is 5.69 Å². The SMILES string of the molecule is Cc1ccc(-n2c(C(C)Cl)nc3c(C)ccnc32)c(F)c1. The van der Waals surface area contributed by atoms with Crippen LogP contribution in [0.4, 0.5) is 4.39 Å². The van der Waals surface area contributed by atoms with Crippen LogP contribution in [0.5, 0.6) is 0 Å². The lowest BCUT2D eigenvalue weighted by atomic mass is 10.2. The Morgan fingerprint density at radius 2 is 2.00 bits per heavy atom. The van der Waals surface area contributed by atoms with Crippen molar-refractivity contribution >= 4 is 22.8 Å². The number of hydrogen-bond acceptors (Lipinski definition) is 2. The van der Waals surface area contributed by atoms with E-state index in [1.807, 2.05) is 32.9 Å². The van der Waals surface area contributed by atoms with Crippen LogP contribution in [0, 0.1) is 19.7 Å². The maximum absolute atomic E-state index is 14.4. The Morgan fingerprint density at radius 3 is 2.67 bits per heavy atom. The molecule has 3 rings (SSSR count). The van der Waals surface area contributed by atoms with Crippen molar-refractivity contribution in [2.45, 2.75) is 26.1 Å². The molecule has 0 amide bonds. The number of rotatable bonds is 2. The first-order valence-electron chi connectivity index (χ1n) is 6.73. The number of hydrogen-bond donors (Lipinski definition) is 0. The summed E-state index contributed by atoms with van der Waals surface area (Å²) in [5.74, 6) is 0.285. The second-order valence-corrected chi connectivity index (χ2v) is 5.83. The van der Waals surface area contributed by atoms with Gasteiger partial charge in [-0.3, -0.25) is 4.57 Å². The molecule has 0 aliphatic rings. The molecule has 0 fully saturated rings. The van der Waals surface area contributed by atoms with E-state index < -0.39 is 0 Å². The zero-order valence-corrected chi connectivity index (χ0v) is 12.8. The highest BCUT2D eigenvalue weighted by atomic mass is 35.5. The minimum absolute atomic E-state index is 0.309. The molecule has 0 N–H and O–H groups in total. The van der Waals surface area contributed by atoms with Crippen LogP contribution in [0.2, 0.25) is 0 Å². The van der Waals surface area contributed by atoms with Crippen LogP contribution in [0.25, 0.3) is 16.9 Å². The second-order valence-electron chi connectivity index (χ2n) is 5.18. The first kappa shape index (κ1) is 14.0. The van der Waals surface area contributed by atoms with Crippen LogP contribution in [-0.2, 0) is 0 Å². The van der Waals surface area contributed by atoms with Gasteiger partial charge in [-0.05, 0) is 50.1 Å². The lowest BCUT2D eigenvalue weighted by molar-refractivity contribution is 0.615. The maximum Gasteiger partial charge on any atom is 0.165 e. The molecule has 0 aliphatic carbocycles. The summed E-state index contributed by atoms with van der Waals surface area (Å²) in [6.45, 7) is 5.63. The number of alkyl halides is 1. The number of fused-ring (bicyclic) bond motifs is 1. The summed E-state index contributed by atoms with van der Waals surface area (Å²) in [5.41, 5.74) is 3.65. The van der Waals surface area contributed by atoms with Gasteiger partial charge in [0.05, 0.1) is 11.1 Å². The highest BCUT2D eigenvalue weighted by Crippen LogP contribution is 2.29. The number of aryl methyl sites for hydroxylation is 2. The molecule has 1 atom stereocenters. The Hall–Kier alpha value is -1.94. The van der Waals surface area contributed by atoms with E-state index in [1.54, 1.807) is 16.8 Å². The lowest BCUT2D eigenvalue weighted by Gasteiger charge is -2.11. The smallest absolute Gasteiger partial charge is 0.165 e. The molecule has 2 heterocycles. The first-order valence-corrected chi connectivity index (χ1v) is 7.17. The lowest BCUT2D eigenvalue weighted by Crippen LogP contribution is -2.05. The minimum atomic E-state index is -0.348. The van der Waals surface area contributed by atoms with Gasteiger partial charge < -0.3 is 0 Å². The maximum atomic E-state index is 14.4. The Bertz CT molecular complexity index is 824. The van der Waals surface area contributed by atoms with Gasteiger partial charge in [0.1, 0.15) is 17.2 Å². The molecule has 3 nitrogen and oxygen atoms in total. The highest BCUT2D eigenvalue weighted by molar-refractivity contribution is 6.20. The standard InChI is InChI=1S/C16H15ClFN3/c1-9-4-5-13(12(18)8-9)21-15(11(3)17)20-14-10(2)6-7-19-16(14)21/h4-8,11H,1-3H3. The third-order valence-electron chi connectivity index (χ3n) is 3.47. The van der Waals surface area contributed by atoms with Gasteiger partial charge in [0.15, 0.2) is 5.65 Å². The monoisotopic (exact) mass is 303 g/mol. The predicted molar refractivity (Wildman–Crippen MR) is 82.6 cm³/mol. The number of nitrogens with zero attached hydrogens (tertiary/aromatic N) is 3. The summed E-state index contributed by atoms with van der Waals surface area (Å²) in [4.78, 5) is 8.91. The zero-order valence-electron chi connectivity index (χ0n) is 12.1. The number of pyridine rings is 1. The molecule has 0 bridgehead atoms. The molecule has 0 aliphatic heterocycles. The Balaban J connectivity index is 2.39. The number of imidazole rings is 1. The first-order chi connectivity index (χ1) is 9.99. The fraction of sp³-hybridized carbons (Fsp3) is 0.250. The average molecular weight is 304 g/mol. The van der Waals surface area contributed by atoms with Crippen LogP contribution in [0.15, 0.2) is 30.5 Å². The van der Waals surface area contributed by atoms with E-state index in [0.29, 0.717) is 17.2 Å². The summed E-state index contributed by atoms with van der Waals surface area (Å²) >= 11 is 6.23. The molecule has 5 heteroatoms. The Kier molecular flexibility index (Phi) is 3.41. The predicted octanol–water partition coefficient (Wildman–Crippen LogP) is 4.48. The van der Waals surface area contributed by atoms with E-state index in [-0.39, 0.29) is 11.2 Å². The molecule has 3 aromatic rings. The molecule has 0 saturated heterocycles. The van der Waals surface area contributed by atoms with Gasteiger partial charge >= 0.3 is 0 Å². The number of aromatic nitrogens is 3. The van der Waals surface area contributed by atoms with E-state index in [4.69, 9.17) is 11.6 Å². The largest absolute Gasteiger partial charge is 0.276 e. The van der Waals surface area contributed by atoms with Crippen LogP contribution in [0.1, 0.15) is 29.3 Å². The van der Waals surface area contributed by atoms with Crippen molar-refractivity contribution in [2.24, 2.45) is 0 Å². The fourth-order valence-corrected chi connectivity index (χ4v) is 2.55. The summed E-state index contributed by atoms with van der Waals surface area (Å²) in [6, 6.07) is 6.98. The van der Waals surface area contributed by atoms with Crippen LogP contribution in [0.3, 0.4) is 0 Å².